The van der Waals surface area contributed by atoms with E-state index < -0.39 is 0 Å². The summed E-state index contributed by atoms with van der Waals surface area (Å²) in [5.41, 5.74) is 7.25. The Balaban J connectivity index is 2.17. The second kappa shape index (κ2) is 5.71. The van der Waals surface area contributed by atoms with E-state index in [1.807, 2.05) is 6.20 Å². The lowest BCUT2D eigenvalue weighted by atomic mass is 10.0. The van der Waals surface area contributed by atoms with Crippen LogP contribution in [0.5, 0.6) is 5.75 Å². The van der Waals surface area contributed by atoms with Gasteiger partial charge in [0.15, 0.2) is 5.75 Å². The Labute approximate surface area is 109 Å². The molecule has 2 rings (SSSR count). The van der Waals surface area contributed by atoms with Crippen LogP contribution in [0, 0.1) is 0 Å². The third-order valence-electron chi connectivity index (χ3n) is 3.68. The number of aromatic nitrogens is 2. The smallest absolute Gasteiger partial charge is 0.160 e. The van der Waals surface area contributed by atoms with Crippen LogP contribution in [0.2, 0.25) is 0 Å². The SMILES string of the molecule is COc1cnn(CCN(C)C)c1C1CCC(N)C1. The van der Waals surface area contributed by atoms with Crippen molar-refractivity contribution in [3.05, 3.63) is 11.9 Å². The summed E-state index contributed by atoms with van der Waals surface area (Å²) in [7, 11) is 5.86. The van der Waals surface area contributed by atoms with Crippen LogP contribution in [0.15, 0.2) is 6.20 Å². The summed E-state index contributed by atoms with van der Waals surface area (Å²) < 4.78 is 7.53. The van der Waals surface area contributed by atoms with E-state index in [4.69, 9.17) is 10.5 Å². The molecule has 5 heteroatoms. The molecule has 1 saturated carbocycles. The van der Waals surface area contributed by atoms with Crippen molar-refractivity contribution >= 4 is 0 Å². The maximum absolute atomic E-state index is 6.02. The zero-order valence-electron chi connectivity index (χ0n) is 11.6. The van der Waals surface area contributed by atoms with Gasteiger partial charge in [0.25, 0.3) is 0 Å². The average Bonchev–Trinajstić information content (AvgIpc) is 2.91. The molecule has 1 aliphatic rings. The van der Waals surface area contributed by atoms with Crippen molar-refractivity contribution in [2.45, 2.75) is 37.8 Å². The highest BCUT2D eigenvalue weighted by atomic mass is 16.5. The molecule has 1 aliphatic carbocycles. The van der Waals surface area contributed by atoms with E-state index in [1.165, 1.54) is 5.69 Å². The van der Waals surface area contributed by atoms with E-state index in [-0.39, 0.29) is 0 Å². The van der Waals surface area contributed by atoms with Gasteiger partial charge in [-0.3, -0.25) is 4.68 Å². The normalized spacial score (nSPS) is 23.8. The van der Waals surface area contributed by atoms with Gasteiger partial charge < -0.3 is 15.4 Å². The first-order chi connectivity index (χ1) is 8.61. The minimum atomic E-state index is 0.330. The zero-order chi connectivity index (χ0) is 13.1. The Hall–Kier alpha value is -1.07. The van der Waals surface area contributed by atoms with Crippen molar-refractivity contribution in [1.82, 2.24) is 14.7 Å². The molecule has 2 unspecified atom stereocenters. The molecule has 2 atom stereocenters. The fourth-order valence-corrected chi connectivity index (χ4v) is 2.68. The summed E-state index contributed by atoms with van der Waals surface area (Å²) in [4.78, 5) is 2.17. The largest absolute Gasteiger partial charge is 0.493 e. The molecule has 1 aromatic heterocycles. The standard InChI is InChI=1S/C13H24N4O/c1-16(2)6-7-17-13(12(18-3)9-15-17)10-4-5-11(14)8-10/h9-11H,4-8,14H2,1-3H3. The van der Waals surface area contributed by atoms with E-state index in [2.05, 4.69) is 28.8 Å². The third kappa shape index (κ3) is 2.84. The summed E-state index contributed by atoms with van der Waals surface area (Å²) in [5.74, 6) is 1.41. The van der Waals surface area contributed by atoms with Crippen molar-refractivity contribution in [2.75, 3.05) is 27.7 Å². The van der Waals surface area contributed by atoms with Crippen LogP contribution in [-0.2, 0) is 6.54 Å². The Bertz CT molecular complexity index is 388. The van der Waals surface area contributed by atoms with Crippen LogP contribution in [-0.4, -0.2) is 48.5 Å². The second-order valence-corrected chi connectivity index (χ2v) is 5.39. The number of likely N-dealkylation sites (N-methyl/N-ethyl adjacent to an activating group) is 1. The zero-order valence-corrected chi connectivity index (χ0v) is 11.6. The molecule has 1 fully saturated rings. The van der Waals surface area contributed by atoms with Crippen LogP contribution in [0.25, 0.3) is 0 Å². The number of nitrogens with two attached hydrogens (primary N) is 1. The molecular weight excluding hydrogens is 228 g/mol. The average molecular weight is 252 g/mol. The van der Waals surface area contributed by atoms with E-state index in [9.17, 15) is 0 Å². The van der Waals surface area contributed by atoms with E-state index in [0.717, 1.165) is 38.1 Å². The molecular formula is C13H24N4O. The predicted octanol–water partition coefficient (Wildman–Crippen LogP) is 1.05. The number of nitrogens with zero attached hydrogens (tertiary/aromatic N) is 3. The van der Waals surface area contributed by atoms with Gasteiger partial charge in [-0.1, -0.05) is 0 Å². The molecule has 18 heavy (non-hydrogen) atoms. The molecule has 0 aliphatic heterocycles. The predicted molar refractivity (Wildman–Crippen MR) is 71.9 cm³/mol. The molecule has 0 radical (unpaired) electrons. The van der Waals surface area contributed by atoms with Crippen LogP contribution >= 0.6 is 0 Å². The highest BCUT2D eigenvalue weighted by Gasteiger charge is 2.29. The van der Waals surface area contributed by atoms with E-state index in [0.29, 0.717) is 12.0 Å². The molecule has 0 spiro atoms. The monoisotopic (exact) mass is 252 g/mol. The maximum atomic E-state index is 6.02. The van der Waals surface area contributed by atoms with Gasteiger partial charge in [0, 0.05) is 18.5 Å². The fourth-order valence-electron chi connectivity index (χ4n) is 2.68. The lowest BCUT2D eigenvalue weighted by molar-refractivity contribution is 0.360. The highest BCUT2D eigenvalue weighted by Crippen LogP contribution is 2.38. The van der Waals surface area contributed by atoms with Gasteiger partial charge >= 0.3 is 0 Å². The van der Waals surface area contributed by atoms with Crippen LogP contribution < -0.4 is 10.5 Å². The molecule has 0 bridgehead atoms. The van der Waals surface area contributed by atoms with Gasteiger partial charge in [-0.2, -0.15) is 5.10 Å². The fraction of sp³-hybridized carbons (Fsp3) is 0.769. The molecule has 2 N–H and O–H groups in total. The van der Waals surface area contributed by atoms with Crippen molar-refractivity contribution in [2.24, 2.45) is 5.73 Å². The van der Waals surface area contributed by atoms with Crippen molar-refractivity contribution < 1.29 is 4.74 Å². The highest BCUT2D eigenvalue weighted by molar-refractivity contribution is 5.29. The number of hydrogen-bond donors (Lipinski definition) is 1. The molecule has 1 aromatic rings. The first kappa shape index (κ1) is 13.4. The topological polar surface area (TPSA) is 56.3 Å². The lowest BCUT2D eigenvalue weighted by Gasteiger charge is -2.16. The number of methoxy groups -OCH3 is 1. The van der Waals surface area contributed by atoms with Crippen molar-refractivity contribution in [3.63, 3.8) is 0 Å². The summed E-state index contributed by atoms with van der Waals surface area (Å²) in [5, 5.41) is 4.45. The molecule has 1 heterocycles. The molecule has 0 saturated heterocycles. The van der Waals surface area contributed by atoms with Crippen molar-refractivity contribution in [3.8, 4) is 5.75 Å². The molecule has 0 amide bonds. The maximum Gasteiger partial charge on any atom is 0.160 e. The Morgan fingerprint density at radius 3 is 2.83 bits per heavy atom. The van der Waals surface area contributed by atoms with Crippen LogP contribution in [0.4, 0.5) is 0 Å². The van der Waals surface area contributed by atoms with E-state index in [1.54, 1.807) is 7.11 Å². The molecule has 5 nitrogen and oxygen atoms in total. The van der Waals surface area contributed by atoms with Gasteiger partial charge in [0.1, 0.15) is 0 Å². The summed E-state index contributed by atoms with van der Waals surface area (Å²) in [6.07, 6.45) is 5.12. The van der Waals surface area contributed by atoms with Gasteiger partial charge in [-0.25, -0.2) is 0 Å². The minimum Gasteiger partial charge on any atom is -0.493 e. The van der Waals surface area contributed by atoms with E-state index >= 15 is 0 Å². The Morgan fingerprint density at radius 2 is 2.28 bits per heavy atom. The molecule has 0 aromatic carbocycles. The van der Waals surface area contributed by atoms with Crippen LogP contribution in [0.1, 0.15) is 30.9 Å². The number of hydrogen-bond acceptors (Lipinski definition) is 4. The minimum absolute atomic E-state index is 0.330. The molecule has 102 valence electrons. The second-order valence-electron chi connectivity index (χ2n) is 5.39. The third-order valence-corrected chi connectivity index (χ3v) is 3.68. The Kier molecular flexibility index (Phi) is 4.24. The van der Waals surface area contributed by atoms with Crippen LogP contribution in [0.3, 0.4) is 0 Å². The summed E-state index contributed by atoms with van der Waals surface area (Å²) in [6.45, 7) is 1.88. The number of ether oxygens (including phenoxy) is 1. The van der Waals surface area contributed by atoms with Gasteiger partial charge in [0.05, 0.1) is 25.5 Å². The van der Waals surface area contributed by atoms with Gasteiger partial charge in [0.2, 0.25) is 0 Å². The first-order valence-electron chi connectivity index (χ1n) is 6.61. The van der Waals surface area contributed by atoms with Gasteiger partial charge in [-0.15, -0.1) is 0 Å². The summed E-state index contributed by atoms with van der Waals surface area (Å²) >= 11 is 0. The number of rotatable bonds is 5. The van der Waals surface area contributed by atoms with Gasteiger partial charge in [-0.05, 0) is 33.4 Å². The quantitative estimate of drug-likeness (QED) is 0.851. The lowest BCUT2D eigenvalue weighted by Crippen LogP contribution is -2.21. The first-order valence-corrected chi connectivity index (χ1v) is 6.61. The summed E-state index contributed by atoms with van der Waals surface area (Å²) in [6, 6.07) is 0.330. The van der Waals surface area contributed by atoms with Crippen molar-refractivity contribution in [1.29, 1.82) is 0 Å². The Morgan fingerprint density at radius 1 is 1.50 bits per heavy atom.